The number of ether oxygens (including phenoxy) is 1. The van der Waals surface area contributed by atoms with Gasteiger partial charge in [0, 0.05) is 4.88 Å². The van der Waals surface area contributed by atoms with E-state index in [1.165, 1.54) is 22.7 Å². The van der Waals surface area contributed by atoms with Crippen molar-refractivity contribution in [1.29, 1.82) is 0 Å². The van der Waals surface area contributed by atoms with Crippen molar-refractivity contribution in [3.05, 3.63) is 38.4 Å². The molecule has 8 nitrogen and oxygen atoms in total. The number of fused-ring (bicyclic) bond motifs is 1. The summed E-state index contributed by atoms with van der Waals surface area (Å²) in [5, 5.41) is 9.42. The van der Waals surface area contributed by atoms with Crippen LogP contribution in [0, 0.1) is 0 Å². The molecular weight excluding hydrogens is 426 g/mol. The minimum Gasteiger partial charge on any atom is -0.462 e. The standard InChI is InChI=1S/C20H21N3O5S2/c1-3-28-17(25)15-12-5-4-6-13(12)30-16(15)21-14(24)9-23-18(26)20(2,22-19(23)27)11-7-8-29-10-11/h7-8,10H,3-6,9H2,1-2H3,(H,21,24)(H,22,27). The number of urea groups is 1. The normalized spacial score (nSPS) is 20.3. The third-order valence-electron chi connectivity index (χ3n) is 5.33. The zero-order valence-corrected chi connectivity index (χ0v) is 18.2. The van der Waals surface area contributed by atoms with Crippen molar-refractivity contribution in [2.45, 2.75) is 38.6 Å². The first kappa shape index (κ1) is 20.5. The van der Waals surface area contributed by atoms with Crippen molar-refractivity contribution in [2.75, 3.05) is 18.5 Å². The monoisotopic (exact) mass is 447 g/mol. The smallest absolute Gasteiger partial charge is 0.341 e. The van der Waals surface area contributed by atoms with Crippen LogP contribution in [0.5, 0.6) is 0 Å². The molecule has 158 valence electrons. The number of thiophene rings is 2. The summed E-state index contributed by atoms with van der Waals surface area (Å²) in [7, 11) is 0. The van der Waals surface area contributed by atoms with Gasteiger partial charge in [0.05, 0.1) is 12.2 Å². The highest BCUT2D eigenvalue weighted by Gasteiger charge is 2.49. The summed E-state index contributed by atoms with van der Waals surface area (Å²) in [5.74, 6) is -1.49. The number of nitrogens with one attached hydrogen (secondary N) is 2. The van der Waals surface area contributed by atoms with Crippen LogP contribution in [0.4, 0.5) is 9.80 Å². The first-order valence-electron chi connectivity index (χ1n) is 9.63. The maximum atomic E-state index is 12.9. The molecule has 0 radical (unpaired) electrons. The van der Waals surface area contributed by atoms with Crippen LogP contribution in [0.2, 0.25) is 0 Å². The van der Waals surface area contributed by atoms with Crippen LogP contribution in [0.3, 0.4) is 0 Å². The van der Waals surface area contributed by atoms with E-state index in [0.717, 1.165) is 34.6 Å². The average molecular weight is 448 g/mol. The predicted molar refractivity (Wildman–Crippen MR) is 113 cm³/mol. The summed E-state index contributed by atoms with van der Waals surface area (Å²) in [6.07, 6.45) is 2.58. The SMILES string of the molecule is CCOC(=O)c1c(NC(=O)CN2C(=O)NC(C)(c3ccsc3)C2=O)sc2c1CCC2. The van der Waals surface area contributed by atoms with Gasteiger partial charge in [-0.15, -0.1) is 11.3 Å². The third kappa shape index (κ3) is 3.39. The number of rotatable bonds is 6. The molecule has 1 fully saturated rings. The topological polar surface area (TPSA) is 105 Å². The fraction of sp³-hybridized carbons (Fsp3) is 0.400. The van der Waals surface area contributed by atoms with Gasteiger partial charge >= 0.3 is 12.0 Å². The van der Waals surface area contributed by atoms with Crippen molar-refractivity contribution in [2.24, 2.45) is 0 Å². The number of nitrogens with zero attached hydrogens (tertiary/aromatic N) is 1. The van der Waals surface area contributed by atoms with Crippen LogP contribution in [0.1, 0.15) is 46.6 Å². The lowest BCUT2D eigenvalue weighted by atomic mass is 9.95. The van der Waals surface area contributed by atoms with Crippen LogP contribution in [-0.2, 0) is 32.7 Å². The second-order valence-corrected chi connectivity index (χ2v) is 9.17. The van der Waals surface area contributed by atoms with Gasteiger partial charge in [0.25, 0.3) is 5.91 Å². The van der Waals surface area contributed by atoms with Gasteiger partial charge in [-0.2, -0.15) is 11.3 Å². The zero-order valence-electron chi connectivity index (χ0n) is 16.6. The lowest BCUT2D eigenvalue weighted by Crippen LogP contribution is -2.41. The van der Waals surface area contributed by atoms with Crippen LogP contribution < -0.4 is 10.6 Å². The fourth-order valence-corrected chi connectivity index (χ4v) is 5.86. The van der Waals surface area contributed by atoms with E-state index >= 15 is 0 Å². The minimum absolute atomic E-state index is 0.237. The summed E-state index contributed by atoms with van der Waals surface area (Å²) in [6, 6.07) is 1.15. The third-order valence-corrected chi connectivity index (χ3v) is 7.22. The quantitative estimate of drug-likeness (QED) is 0.523. The molecule has 0 aromatic carbocycles. The Morgan fingerprint density at radius 3 is 2.83 bits per heavy atom. The first-order valence-corrected chi connectivity index (χ1v) is 11.4. The maximum Gasteiger partial charge on any atom is 0.341 e. The molecule has 2 N–H and O–H groups in total. The van der Waals surface area contributed by atoms with E-state index in [2.05, 4.69) is 10.6 Å². The predicted octanol–water partition coefficient (Wildman–Crippen LogP) is 2.88. The summed E-state index contributed by atoms with van der Waals surface area (Å²) in [6.45, 7) is 3.15. The molecule has 30 heavy (non-hydrogen) atoms. The molecular formula is C20H21N3O5S2. The molecule has 0 bridgehead atoms. The molecule has 2 aromatic rings. The van der Waals surface area contributed by atoms with Crippen LogP contribution >= 0.6 is 22.7 Å². The van der Waals surface area contributed by atoms with Crippen LogP contribution in [0.25, 0.3) is 0 Å². The zero-order chi connectivity index (χ0) is 21.5. The van der Waals surface area contributed by atoms with Crippen molar-refractivity contribution in [3.8, 4) is 0 Å². The average Bonchev–Trinajstić information content (AvgIpc) is 3.45. The molecule has 4 amide bonds. The molecule has 3 heterocycles. The van der Waals surface area contributed by atoms with Crippen molar-refractivity contribution >= 4 is 51.5 Å². The number of carbonyl (C=O) groups is 4. The van der Waals surface area contributed by atoms with E-state index in [4.69, 9.17) is 4.74 Å². The number of imide groups is 1. The van der Waals surface area contributed by atoms with E-state index < -0.39 is 35.9 Å². The van der Waals surface area contributed by atoms with E-state index in [-0.39, 0.29) is 6.61 Å². The number of carbonyl (C=O) groups excluding carboxylic acids is 4. The molecule has 0 spiro atoms. The number of hydrogen-bond acceptors (Lipinski definition) is 7. The highest BCUT2D eigenvalue weighted by atomic mass is 32.1. The van der Waals surface area contributed by atoms with Gasteiger partial charge in [0.1, 0.15) is 17.1 Å². The summed E-state index contributed by atoms with van der Waals surface area (Å²) < 4.78 is 5.16. The van der Waals surface area contributed by atoms with Crippen molar-refractivity contribution in [3.63, 3.8) is 0 Å². The van der Waals surface area contributed by atoms with Crippen LogP contribution in [-0.4, -0.2) is 41.9 Å². The first-order chi connectivity index (χ1) is 14.3. The lowest BCUT2D eigenvalue weighted by Gasteiger charge is -2.20. The Bertz CT molecular complexity index is 1030. The number of esters is 1. The summed E-state index contributed by atoms with van der Waals surface area (Å²) in [5.41, 5.74) is 0.794. The fourth-order valence-electron chi connectivity index (χ4n) is 3.81. The molecule has 0 saturated carbocycles. The molecule has 10 heteroatoms. The van der Waals surface area contributed by atoms with Gasteiger partial charge in [-0.05, 0) is 61.1 Å². The Labute approximate surface area is 181 Å². The van der Waals surface area contributed by atoms with Gasteiger partial charge in [0.2, 0.25) is 5.91 Å². The van der Waals surface area contributed by atoms with Gasteiger partial charge < -0.3 is 15.4 Å². The maximum absolute atomic E-state index is 12.9. The van der Waals surface area contributed by atoms with Crippen molar-refractivity contribution < 1.29 is 23.9 Å². The highest BCUT2D eigenvalue weighted by Crippen LogP contribution is 2.39. The Balaban J connectivity index is 1.51. The Morgan fingerprint density at radius 1 is 1.33 bits per heavy atom. The lowest BCUT2D eigenvalue weighted by molar-refractivity contribution is -0.133. The van der Waals surface area contributed by atoms with Gasteiger partial charge in [-0.25, -0.2) is 9.59 Å². The molecule has 1 unspecified atom stereocenters. The van der Waals surface area contributed by atoms with Gasteiger partial charge in [0.15, 0.2) is 0 Å². The Morgan fingerprint density at radius 2 is 2.13 bits per heavy atom. The Kier molecular flexibility index (Phi) is 5.37. The summed E-state index contributed by atoms with van der Waals surface area (Å²) in [4.78, 5) is 52.4. The number of amides is 4. The molecule has 1 saturated heterocycles. The van der Waals surface area contributed by atoms with E-state index in [0.29, 0.717) is 16.1 Å². The second kappa shape index (κ2) is 7.84. The molecule has 4 rings (SSSR count). The van der Waals surface area contributed by atoms with Crippen LogP contribution in [0.15, 0.2) is 16.8 Å². The van der Waals surface area contributed by atoms with E-state index in [1.807, 2.05) is 5.38 Å². The van der Waals surface area contributed by atoms with Crippen molar-refractivity contribution in [1.82, 2.24) is 10.2 Å². The second-order valence-electron chi connectivity index (χ2n) is 7.29. The largest absolute Gasteiger partial charge is 0.462 e. The number of aryl methyl sites for hydroxylation is 1. The minimum atomic E-state index is -1.20. The molecule has 1 atom stereocenters. The highest BCUT2D eigenvalue weighted by molar-refractivity contribution is 7.17. The molecule has 2 aromatic heterocycles. The van der Waals surface area contributed by atoms with Gasteiger partial charge in [-0.1, -0.05) is 0 Å². The molecule has 2 aliphatic rings. The molecule has 1 aliphatic heterocycles. The number of hydrogen-bond donors (Lipinski definition) is 2. The Hall–Kier alpha value is -2.72. The van der Waals surface area contributed by atoms with Gasteiger partial charge in [-0.3, -0.25) is 14.5 Å². The van der Waals surface area contributed by atoms with E-state index in [9.17, 15) is 19.2 Å². The number of anilines is 1. The van der Waals surface area contributed by atoms with E-state index in [1.54, 1.807) is 25.3 Å². The summed E-state index contributed by atoms with van der Waals surface area (Å²) >= 11 is 2.77. The molecule has 1 aliphatic carbocycles.